The molecule has 3 heteroatoms. The van der Waals surface area contributed by atoms with E-state index >= 15 is 0 Å². The lowest BCUT2D eigenvalue weighted by Crippen LogP contribution is -2.24. The van der Waals surface area contributed by atoms with Gasteiger partial charge < -0.3 is 5.32 Å². The summed E-state index contributed by atoms with van der Waals surface area (Å²) in [5.74, 6) is 0.862. The molecule has 2 nitrogen and oxygen atoms in total. The van der Waals surface area contributed by atoms with E-state index in [0.717, 1.165) is 30.8 Å². The third kappa shape index (κ3) is 2.55. The minimum atomic E-state index is -0.186. The molecule has 15 heavy (non-hydrogen) atoms. The van der Waals surface area contributed by atoms with Crippen LogP contribution in [-0.2, 0) is 0 Å². The van der Waals surface area contributed by atoms with Gasteiger partial charge >= 0.3 is 0 Å². The first kappa shape index (κ1) is 10.1. The van der Waals surface area contributed by atoms with Crippen LogP contribution >= 0.6 is 0 Å². The molecule has 80 valence electrons. The van der Waals surface area contributed by atoms with E-state index in [1.54, 1.807) is 12.1 Å². The van der Waals surface area contributed by atoms with E-state index < -0.39 is 0 Å². The summed E-state index contributed by atoms with van der Waals surface area (Å²) in [6.45, 7) is 2.94. The van der Waals surface area contributed by atoms with Gasteiger partial charge in [0.2, 0.25) is 0 Å². The minimum absolute atomic E-state index is 0.123. The normalized spacial score (nSPS) is 17.3. The van der Waals surface area contributed by atoms with Crippen molar-refractivity contribution in [3.05, 3.63) is 35.6 Å². The fourth-order valence-corrected chi connectivity index (χ4v) is 1.77. The lowest BCUT2D eigenvalue weighted by molar-refractivity contribution is 0.617. The molecule has 1 aliphatic heterocycles. The largest absolute Gasteiger partial charge is 0.367 e. The lowest BCUT2D eigenvalue weighted by atomic mass is 10.1. The van der Waals surface area contributed by atoms with Crippen molar-refractivity contribution in [3.8, 4) is 0 Å². The number of amidine groups is 1. The molecule has 0 aliphatic carbocycles. The van der Waals surface area contributed by atoms with Crippen LogP contribution in [0, 0.1) is 5.82 Å². The smallest absolute Gasteiger partial charge is 0.123 e. The summed E-state index contributed by atoms with van der Waals surface area (Å²) in [6, 6.07) is 6.81. The second-order valence-electron chi connectivity index (χ2n) is 3.85. The van der Waals surface area contributed by atoms with E-state index in [1.165, 1.54) is 6.07 Å². The quantitative estimate of drug-likeness (QED) is 0.790. The summed E-state index contributed by atoms with van der Waals surface area (Å²) in [6.07, 6.45) is 2.14. The highest BCUT2D eigenvalue weighted by Gasteiger charge is 2.11. The van der Waals surface area contributed by atoms with Crippen LogP contribution in [0.2, 0.25) is 0 Å². The first-order chi connectivity index (χ1) is 7.25. The van der Waals surface area contributed by atoms with Crippen molar-refractivity contribution in [2.45, 2.75) is 25.8 Å². The maximum Gasteiger partial charge on any atom is 0.123 e. The van der Waals surface area contributed by atoms with E-state index in [9.17, 15) is 4.39 Å². The maximum absolute atomic E-state index is 13.0. The second kappa shape index (κ2) is 4.43. The molecule has 0 unspecified atom stereocenters. The zero-order valence-corrected chi connectivity index (χ0v) is 8.83. The van der Waals surface area contributed by atoms with Crippen LogP contribution in [0.5, 0.6) is 0 Å². The van der Waals surface area contributed by atoms with E-state index in [1.807, 2.05) is 13.0 Å². The van der Waals surface area contributed by atoms with Crippen LogP contribution < -0.4 is 5.32 Å². The number of hydrogen-bond donors (Lipinski definition) is 1. The molecule has 1 aromatic rings. The van der Waals surface area contributed by atoms with Crippen molar-refractivity contribution in [1.82, 2.24) is 5.32 Å². The molecule has 1 heterocycles. The molecule has 1 N–H and O–H groups in total. The van der Waals surface area contributed by atoms with Gasteiger partial charge in [0.15, 0.2) is 0 Å². The highest BCUT2D eigenvalue weighted by molar-refractivity contribution is 5.83. The molecular formula is C12H15FN2. The Labute approximate surface area is 89.2 Å². The highest BCUT2D eigenvalue weighted by Crippen LogP contribution is 2.15. The van der Waals surface area contributed by atoms with Crippen molar-refractivity contribution >= 4 is 5.84 Å². The standard InChI is InChI=1S/C12H15FN2/c1-9(15-12-6-3-7-14-12)10-4-2-5-11(13)8-10/h2,4-5,8-9H,3,6-7H2,1H3,(H,14,15)/t9-/m0/s1. The van der Waals surface area contributed by atoms with Gasteiger partial charge in [-0.25, -0.2) is 4.39 Å². The zero-order chi connectivity index (χ0) is 10.7. The second-order valence-corrected chi connectivity index (χ2v) is 3.85. The Morgan fingerprint density at radius 2 is 2.33 bits per heavy atom. The van der Waals surface area contributed by atoms with Crippen molar-refractivity contribution in [3.63, 3.8) is 0 Å². The Kier molecular flexibility index (Phi) is 2.99. The van der Waals surface area contributed by atoms with Crippen LogP contribution in [0.4, 0.5) is 4.39 Å². The summed E-state index contributed by atoms with van der Waals surface area (Å²) in [4.78, 5) is 4.34. The molecule has 1 aromatic carbocycles. The fraction of sp³-hybridized carbons (Fsp3) is 0.417. The van der Waals surface area contributed by atoms with Gasteiger partial charge in [0.25, 0.3) is 0 Å². The van der Waals surface area contributed by atoms with Gasteiger partial charge in [0, 0.05) is 19.0 Å². The van der Waals surface area contributed by atoms with Gasteiger partial charge in [-0.05, 0) is 31.0 Å². The first-order valence-electron chi connectivity index (χ1n) is 5.31. The van der Waals surface area contributed by atoms with Gasteiger partial charge in [0.05, 0.1) is 5.84 Å². The molecule has 0 aromatic heterocycles. The predicted molar refractivity (Wildman–Crippen MR) is 59.5 cm³/mol. The SMILES string of the molecule is C[C@H](NC1=NCCC1)c1cccc(F)c1. The molecule has 1 aliphatic rings. The minimum Gasteiger partial charge on any atom is -0.367 e. The van der Waals surface area contributed by atoms with Crippen molar-refractivity contribution < 1.29 is 4.39 Å². The lowest BCUT2D eigenvalue weighted by Gasteiger charge is -2.15. The number of nitrogens with one attached hydrogen (secondary N) is 1. The monoisotopic (exact) mass is 206 g/mol. The number of rotatable bonds is 2. The number of hydrogen-bond acceptors (Lipinski definition) is 2. The number of nitrogens with zero attached hydrogens (tertiary/aromatic N) is 1. The Morgan fingerprint density at radius 3 is 3.00 bits per heavy atom. The van der Waals surface area contributed by atoms with Crippen molar-refractivity contribution in [2.24, 2.45) is 4.99 Å². The van der Waals surface area contributed by atoms with E-state index in [4.69, 9.17) is 0 Å². The summed E-state index contributed by atoms with van der Waals surface area (Å²) >= 11 is 0. The molecule has 0 saturated heterocycles. The molecular weight excluding hydrogens is 191 g/mol. The van der Waals surface area contributed by atoms with Gasteiger partial charge in [0.1, 0.15) is 5.82 Å². The number of benzene rings is 1. The van der Waals surface area contributed by atoms with E-state index in [-0.39, 0.29) is 11.9 Å². The van der Waals surface area contributed by atoms with E-state index in [2.05, 4.69) is 10.3 Å². The molecule has 0 radical (unpaired) electrons. The first-order valence-corrected chi connectivity index (χ1v) is 5.31. The average Bonchev–Trinajstić information content (AvgIpc) is 2.70. The van der Waals surface area contributed by atoms with Gasteiger partial charge in [-0.3, -0.25) is 4.99 Å². The predicted octanol–water partition coefficient (Wildman–Crippen LogP) is 2.67. The Hall–Kier alpha value is -1.38. The Bertz CT molecular complexity index is 374. The van der Waals surface area contributed by atoms with Crippen LogP contribution in [-0.4, -0.2) is 12.4 Å². The summed E-state index contributed by atoms with van der Waals surface area (Å²) in [5.41, 5.74) is 0.963. The van der Waals surface area contributed by atoms with Crippen molar-refractivity contribution in [1.29, 1.82) is 0 Å². The molecule has 1 atom stereocenters. The summed E-state index contributed by atoms with van der Waals surface area (Å²) in [7, 11) is 0. The van der Waals surface area contributed by atoms with Gasteiger partial charge in [-0.1, -0.05) is 12.1 Å². The van der Waals surface area contributed by atoms with Crippen LogP contribution in [0.15, 0.2) is 29.3 Å². The molecule has 0 saturated carbocycles. The molecule has 0 spiro atoms. The molecule has 0 amide bonds. The average molecular weight is 206 g/mol. The van der Waals surface area contributed by atoms with Gasteiger partial charge in [-0.15, -0.1) is 0 Å². The van der Waals surface area contributed by atoms with E-state index in [0.29, 0.717) is 0 Å². The Balaban J connectivity index is 2.04. The molecule has 0 fully saturated rings. The Morgan fingerprint density at radius 1 is 1.47 bits per heavy atom. The zero-order valence-electron chi connectivity index (χ0n) is 8.83. The van der Waals surface area contributed by atoms with Crippen LogP contribution in [0.1, 0.15) is 31.4 Å². The third-order valence-corrected chi connectivity index (χ3v) is 2.61. The van der Waals surface area contributed by atoms with Gasteiger partial charge in [-0.2, -0.15) is 0 Å². The maximum atomic E-state index is 13.0. The topological polar surface area (TPSA) is 24.4 Å². The number of aliphatic imine (C=N–C) groups is 1. The van der Waals surface area contributed by atoms with Crippen LogP contribution in [0.3, 0.4) is 0 Å². The van der Waals surface area contributed by atoms with Crippen LogP contribution in [0.25, 0.3) is 0 Å². The van der Waals surface area contributed by atoms with Crippen molar-refractivity contribution in [2.75, 3.05) is 6.54 Å². The fourth-order valence-electron chi connectivity index (χ4n) is 1.77. The highest BCUT2D eigenvalue weighted by atomic mass is 19.1. The molecule has 2 rings (SSSR count). The molecule has 0 bridgehead atoms. The number of halogens is 1. The third-order valence-electron chi connectivity index (χ3n) is 2.61. The summed E-state index contributed by atoms with van der Waals surface area (Å²) < 4.78 is 13.0. The summed E-state index contributed by atoms with van der Waals surface area (Å²) in [5, 5.41) is 3.31.